The molecule has 0 spiro atoms. The van der Waals surface area contributed by atoms with E-state index in [1.807, 2.05) is 0 Å². The predicted molar refractivity (Wildman–Crippen MR) is 52.7 cm³/mol. The number of fused-ring (bicyclic) bond motifs is 1. The predicted octanol–water partition coefficient (Wildman–Crippen LogP) is 2.78. The first kappa shape index (κ1) is 9.71. The largest absolute Gasteiger partial charge is 0.496 e. The highest BCUT2D eigenvalue weighted by atomic mass is 19.1. The molecular weight excluding hydrogens is 199 g/mol. The second kappa shape index (κ2) is 3.38. The van der Waals surface area contributed by atoms with Gasteiger partial charge in [0.2, 0.25) is 0 Å². The van der Waals surface area contributed by atoms with Crippen molar-refractivity contribution in [1.82, 2.24) is 0 Å². The van der Waals surface area contributed by atoms with Crippen molar-refractivity contribution in [3.8, 4) is 5.75 Å². The summed E-state index contributed by atoms with van der Waals surface area (Å²) >= 11 is 0. The van der Waals surface area contributed by atoms with Gasteiger partial charge in [-0.05, 0) is 6.07 Å². The Hall–Kier alpha value is -1.84. The van der Waals surface area contributed by atoms with Crippen LogP contribution < -0.4 is 4.74 Å². The van der Waals surface area contributed by atoms with Gasteiger partial charge in [0.25, 0.3) is 0 Å². The molecule has 1 aromatic carbocycles. The highest BCUT2D eigenvalue weighted by Crippen LogP contribution is 2.29. The minimum absolute atomic E-state index is 0.200. The SMILES string of the molecule is COc1cc(F)cc2oc(C(C)=O)cc12. The summed E-state index contributed by atoms with van der Waals surface area (Å²) in [5.74, 6) is -0.0902. The minimum atomic E-state index is -0.455. The molecule has 0 atom stereocenters. The van der Waals surface area contributed by atoms with E-state index in [9.17, 15) is 9.18 Å². The Morgan fingerprint density at radius 1 is 1.40 bits per heavy atom. The Kier molecular flexibility index (Phi) is 2.19. The molecule has 0 saturated heterocycles. The number of hydrogen-bond acceptors (Lipinski definition) is 3. The molecule has 0 amide bonds. The molecule has 3 nitrogen and oxygen atoms in total. The summed E-state index contributed by atoms with van der Waals surface area (Å²) < 4.78 is 23.2. The van der Waals surface area contributed by atoms with Gasteiger partial charge in [0.05, 0.1) is 12.5 Å². The Morgan fingerprint density at radius 3 is 2.73 bits per heavy atom. The van der Waals surface area contributed by atoms with Crippen LogP contribution in [0.15, 0.2) is 22.6 Å². The van der Waals surface area contributed by atoms with E-state index in [1.54, 1.807) is 6.07 Å². The number of methoxy groups -OCH3 is 1. The van der Waals surface area contributed by atoms with Crippen LogP contribution in [0.25, 0.3) is 11.0 Å². The summed E-state index contributed by atoms with van der Waals surface area (Å²) in [5.41, 5.74) is 0.317. The fourth-order valence-electron chi connectivity index (χ4n) is 1.42. The summed E-state index contributed by atoms with van der Waals surface area (Å²) in [5, 5.41) is 0.601. The van der Waals surface area contributed by atoms with Gasteiger partial charge in [-0.2, -0.15) is 0 Å². The van der Waals surface area contributed by atoms with Gasteiger partial charge >= 0.3 is 0 Å². The van der Waals surface area contributed by atoms with Crippen LogP contribution in [0.3, 0.4) is 0 Å². The molecule has 2 rings (SSSR count). The summed E-state index contributed by atoms with van der Waals surface area (Å²) in [6, 6.07) is 4.03. The maximum Gasteiger partial charge on any atom is 0.194 e. The lowest BCUT2D eigenvalue weighted by atomic mass is 10.2. The molecule has 0 N–H and O–H groups in total. The molecule has 0 aliphatic carbocycles. The van der Waals surface area contributed by atoms with Gasteiger partial charge < -0.3 is 9.15 Å². The molecule has 0 bridgehead atoms. The lowest BCUT2D eigenvalue weighted by molar-refractivity contribution is 0.0989. The van der Waals surface area contributed by atoms with E-state index in [0.29, 0.717) is 16.7 Å². The summed E-state index contributed by atoms with van der Waals surface area (Å²) in [7, 11) is 1.44. The van der Waals surface area contributed by atoms with E-state index in [2.05, 4.69) is 0 Å². The van der Waals surface area contributed by atoms with Crippen LogP contribution in [-0.2, 0) is 0 Å². The van der Waals surface area contributed by atoms with Crippen molar-refractivity contribution in [2.24, 2.45) is 0 Å². The lowest BCUT2D eigenvalue weighted by Crippen LogP contribution is -1.86. The van der Waals surface area contributed by atoms with E-state index in [4.69, 9.17) is 9.15 Å². The van der Waals surface area contributed by atoms with Crippen molar-refractivity contribution in [3.63, 3.8) is 0 Å². The first-order valence-corrected chi connectivity index (χ1v) is 4.40. The minimum Gasteiger partial charge on any atom is -0.496 e. The van der Waals surface area contributed by atoms with Crippen molar-refractivity contribution in [2.75, 3.05) is 7.11 Å². The number of ketones is 1. The molecule has 4 heteroatoms. The Bertz CT molecular complexity index is 528. The van der Waals surface area contributed by atoms with Gasteiger partial charge in [0.15, 0.2) is 11.5 Å². The maximum atomic E-state index is 13.1. The van der Waals surface area contributed by atoms with E-state index in [0.717, 1.165) is 0 Å². The Morgan fingerprint density at radius 2 is 2.13 bits per heavy atom. The fraction of sp³-hybridized carbons (Fsp3) is 0.182. The topological polar surface area (TPSA) is 39.4 Å². The van der Waals surface area contributed by atoms with Gasteiger partial charge in [-0.1, -0.05) is 0 Å². The molecule has 2 aromatic rings. The van der Waals surface area contributed by atoms with Crippen molar-refractivity contribution >= 4 is 16.8 Å². The van der Waals surface area contributed by atoms with Crippen LogP contribution in [0, 0.1) is 5.82 Å². The van der Waals surface area contributed by atoms with Crippen molar-refractivity contribution in [3.05, 3.63) is 29.8 Å². The second-order valence-electron chi connectivity index (χ2n) is 3.19. The van der Waals surface area contributed by atoms with Crippen molar-refractivity contribution in [1.29, 1.82) is 0 Å². The van der Waals surface area contributed by atoms with Crippen LogP contribution in [-0.4, -0.2) is 12.9 Å². The number of ether oxygens (including phenoxy) is 1. The highest BCUT2D eigenvalue weighted by molar-refractivity contribution is 5.97. The number of rotatable bonds is 2. The third-order valence-corrected chi connectivity index (χ3v) is 2.13. The first-order valence-electron chi connectivity index (χ1n) is 4.40. The zero-order valence-corrected chi connectivity index (χ0v) is 8.33. The van der Waals surface area contributed by atoms with Crippen LogP contribution >= 0.6 is 0 Å². The Labute approximate surface area is 85.4 Å². The van der Waals surface area contributed by atoms with Crippen molar-refractivity contribution in [2.45, 2.75) is 6.92 Å². The van der Waals surface area contributed by atoms with Crippen LogP contribution in [0.2, 0.25) is 0 Å². The van der Waals surface area contributed by atoms with Gasteiger partial charge in [0.1, 0.15) is 17.1 Å². The number of Topliss-reactive ketones (excluding diaryl/α,β-unsaturated/α-hetero) is 1. The zero-order chi connectivity index (χ0) is 11.0. The average molecular weight is 208 g/mol. The van der Waals surface area contributed by atoms with Crippen LogP contribution in [0.1, 0.15) is 17.5 Å². The normalized spacial score (nSPS) is 10.6. The first-order chi connectivity index (χ1) is 7.11. The smallest absolute Gasteiger partial charge is 0.194 e. The molecule has 0 unspecified atom stereocenters. The third kappa shape index (κ3) is 1.58. The number of benzene rings is 1. The molecule has 0 saturated carbocycles. The third-order valence-electron chi connectivity index (χ3n) is 2.13. The van der Waals surface area contributed by atoms with Gasteiger partial charge in [-0.3, -0.25) is 4.79 Å². The quantitative estimate of drug-likeness (QED) is 0.712. The number of furan rings is 1. The number of carbonyl (C=O) groups excluding carboxylic acids is 1. The summed E-state index contributed by atoms with van der Waals surface area (Å²) in [6.45, 7) is 1.39. The standard InChI is InChI=1S/C11H9FO3/c1-6(13)9-5-8-10(14-2)3-7(12)4-11(8)15-9/h3-5H,1-2H3. The molecule has 0 aliphatic heterocycles. The molecule has 1 heterocycles. The van der Waals surface area contributed by atoms with Gasteiger partial charge in [0, 0.05) is 19.1 Å². The summed E-state index contributed by atoms with van der Waals surface area (Å²) in [4.78, 5) is 11.1. The molecule has 0 aliphatic rings. The van der Waals surface area contributed by atoms with Gasteiger partial charge in [-0.15, -0.1) is 0 Å². The Balaban J connectivity index is 2.74. The van der Waals surface area contributed by atoms with Crippen LogP contribution in [0.4, 0.5) is 4.39 Å². The van der Waals surface area contributed by atoms with E-state index >= 15 is 0 Å². The molecule has 0 radical (unpaired) electrons. The lowest BCUT2D eigenvalue weighted by Gasteiger charge is -1.99. The molecule has 0 fully saturated rings. The van der Waals surface area contributed by atoms with Crippen LogP contribution in [0.5, 0.6) is 5.75 Å². The number of halogens is 1. The van der Waals surface area contributed by atoms with Gasteiger partial charge in [-0.25, -0.2) is 4.39 Å². The fourth-order valence-corrected chi connectivity index (χ4v) is 1.42. The monoisotopic (exact) mass is 208 g/mol. The van der Waals surface area contributed by atoms with E-state index in [-0.39, 0.29) is 11.5 Å². The molecule has 1 aromatic heterocycles. The second-order valence-corrected chi connectivity index (χ2v) is 3.19. The number of hydrogen-bond donors (Lipinski definition) is 0. The van der Waals surface area contributed by atoms with E-state index < -0.39 is 5.82 Å². The molecular formula is C11H9FO3. The highest BCUT2D eigenvalue weighted by Gasteiger charge is 2.12. The average Bonchev–Trinajstić information content (AvgIpc) is 2.59. The number of carbonyl (C=O) groups is 1. The van der Waals surface area contributed by atoms with Crippen molar-refractivity contribution < 1.29 is 18.3 Å². The zero-order valence-electron chi connectivity index (χ0n) is 8.33. The molecule has 78 valence electrons. The summed E-state index contributed by atoms with van der Waals surface area (Å²) in [6.07, 6.45) is 0. The van der Waals surface area contributed by atoms with E-state index in [1.165, 1.54) is 26.2 Å². The molecule has 15 heavy (non-hydrogen) atoms. The maximum absolute atomic E-state index is 13.1.